The Morgan fingerprint density at radius 3 is 2.44 bits per heavy atom. The SMILES string of the molecule is Cc1ccc(-c2cn3cc(Br)ccc3n2)cc1.I. The van der Waals surface area contributed by atoms with Gasteiger partial charge in [-0.3, -0.25) is 0 Å². The van der Waals surface area contributed by atoms with E-state index in [1.54, 1.807) is 0 Å². The van der Waals surface area contributed by atoms with Gasteiger partial charge in [0.1, 0.15) is 5.65 Å². The molecular weight excluding hydrogens is 403 g/mol. The van der Waals surface area contributed by atoms with Gasteiger partial charge in [0, 0.05) is 22.4 Å². The molecule has 3 rings (SSSR count). The topological polar surface area (TPSA) is 17.3 Å². The molecule has 0 atom stereocenters. The molecule has 4 heteroatoms. The first-order chi connectivity index (χ1) is 8.22. The summed E-state index contributed by atoms with van der Waals surface area (Å²) in [6.45, 7) is 2.09. The third kappa shape index (κ3) is 2.59. The van der Waals surface area contributed by atoms with Crippen molar-refractivity contribution in [2.24, 2.45) is 0 Å². The van der Waals surface area contributed by atoms with E-state index in [1.807, 2.05) is 28.9 Å². The van der Waals surface area contributed by atoms with Gasteiger partial charge in [0.2, 0.25) is 0 Å². The van der Waals surface area contributed by atoms with E-state index in [0.29, 0.717) is 0 Å². The smallest absolute Gasteiger partial charge is 0.137 e. The van der Waals surface area contributed by atoms with Crippen molar-refractivity contribution in [3.63, 3.8) is 0 Å². The van der Waals surface area contributed by atoms with Crippen LogP contribution in [0.1, 0.15) is 5.56 Å². The number of hydrogen-bond acceptors (Lipinski definition) is 1. The Morgan fingerprint density at radius 2 is 1.72 bits per heavy atom. The van der Waals surface area contributed by atoms with Gasteiger partial charge in [0.05, 0.1) is 5.69 Å². The van der Waals surface area contributed by atoms with Gasteiger partial charge in [0.25, 0.3) is 0 Å². The molecule has 18 heavy (non-hydrogen) atoms. The number of hydrogen-bond donors (Lipinski definition) is 0. The Bertz CT molecular complexity index is 674. The van der Waals surface area contributed by atoms with E-state index in [1.165, 1.54) is 5.56 Å². The number of rotatable bonds is 1. The minimum Gasteiger partial charge on any atom is -0.305 e. The lowest BCUT2D eigenvalue weighted by molar-refractivity contribution is 1.17. The molecule has 0 spiro atoms. The van der Waals surface area contributed by atoms with Crippen molar-refractivity contribution < 1.29 is 0 Å². The second-order valence-electron chi connectivity index (χ2n) is 4.10. The number of aryl methyl sites for hydroxylation is 1. The Labute approximate surface area is 131 Å². The molecule has 3 aromatic rings. The zero-order valence-corrected chi connectivity index (χ0v) is 13.7. The van der Waals surface area contributed by atoms with Crippen LogP contribution >= 0.6 is 39.9 Å². The van der Waals surface area contributed by atoms with Gasteiger partial charge in [-0.2, -0.15) is 0 Å². The number of nitrogens with zero attached hydrogens (tertiary/aromatic N) is 2. The molecule has 0 aliphatic rings. The summed E-state index contributed by atoms with van der Waals surface area (Å²) in [4.78, 5) is 4.60. The minimum atomic E-state index is 0. The fraction of sp³-hybridized carbons (Fsp3) is 0.0714. The highest BCUT2D eigenvalue weighted by Crippen LogP contribution is 2.20. The zero-order valence-electron chi connectivity index (χ0n) is 9.80. The molecule has 0 saturated carbocycles. The Balaban J connectivity index is 0.00000120. The van der Waals surface area contributed by atoms with Gasteiger partial charge in [-0.25, -0.2) is 4.98 Å². The molecule has 2 heterocycles. The maximum atomic E-state index is 4.60. The van der Waals surface area contributed by atoms with E-state index in [4.69, 9.17) is 0 Å². The van der Waals surface area contributed by atoms with E-state index in [9.17, 15) is 0 Å². The van der Waals surface area contributed by atoms with Gasteiger partial charge in [-0.05, 0) is 35.0 Å². The molecule has 1 aromatic carbocycles. The quantitative estimate of drug-likeness (QED) is 0.528. The molecule has 0 fully saturated rings. The summed E-state index contributed by atoms with van der Waals surface area (Å²) in [5, 5.41) is 0. The third-order valence-corrected chi connectivity index (χ3v) is 3.23. The molecule has 0 unspecified atom stereocenters. The van der Waals surface area contributed by atoms with Crippen LogP contribution in [-0.2, 0) is 0 Å². The van der Waals surface area contributed by atoms with Crippen LogP contribution in [-0.4, -0.2) is 9.38 Å². The van der Waals surface area contributed by atoms with E-state index in [-0.39, 0.29) is 24.0 Å². The number of imidazole rings is 1. The average Bonchev–Trinajstić information content (AvgIpc) is 2.72. The van der Waals surface area contributed by atoms with Gasteiger partial charge < -0.3 is 4.40 Å². The Kier molecular flexibility index (Phi) is 4.07. The Morgan fingerprint density at radius 1 is 1.00 bits per heavy atom. The molecule has 0 amide bonds. The average molecular weight is 415 g/mol. The summed E-state index contributed by atoms with van der Waals surface area (Å²) >= 11 is 3.46. The van der Waals surface area contributed by atoms with Gasteiger partial charge in [-0.1, -0.05) is 29.8 Å². The van der Waals surface area contributed by atoms with E-state index in [0.717, 1.165) is 21.4 Å². The van der Waals surface area contributed by atoms with Crippen LogP contribution in [0.2, 0.25) is 0 Å². The Hall–Kier alpha value is -0.880. The van der Waals surface area contributed by atoms with E-state index < -0.39 is 0 Å². The van der Waals surface area contributed by atoms with Gasteiger partial charge in [0.15, 0.2) is 0 Å². The second-order valence-corrected chi connectivity index (χ2v) is 5.02. The van der Waals surface area contributed by atoms with Crippen molar-refractivity contribution in [1.82, 2.24) is 9.38 Å². The molecule has 0 N–H and O–H groups in total. The lowest BCUT2D eigenvalue weighted by Crippen LogP contribution is -1.80. The van der Waals surface area contributed by atoms with Gasteiger partial charge >= 0.3 is 0 Å². The molecule has 0 radical (unpaired) electrons. The predicted octanol–water partition coefficient (Wildman–Crippen LogP) is 4.69. The maximum absolute atomic E-state index is 4.60. The van der Waals surface area contributed by atoms with Crippen LogP contribution in [0.5, 0.6) is 0 Å². The number of halogens is 2. The second kappa shape index (κ2) is 5.40. The lowest BCUT2D eigenvalue weighted by atomic mass is 10.1. The largest absolute Gasteiger partial charge is 0.305 e. The third-order valence-electron chi connectivity index (χ3n) is 2.76. The molecule has 92 valence electrons. The van der Waals surface area contributed by atoms with Crippen molar-refractivity contribution in [3.8, 4) is 11.3 Å². The first-order valence-electron chi connectivity index (χ1n) is 5.44. The maximum Gasteiger partial charge on any atom is 0.137 e. The van der Waals surface area contributed by atoms with Crippen LogP contribution < -0.4 is 0 Å². The number of aromatic nitrogens is 2. The summed E-state index contributed by atoms with van der Waals surface area (Å²) in [6.07, 6.45) is 4.06. The number of benzene rings is 1. The molecule has 2 aromatic heterocycles. The molecule has 0 bridgehead atoms. The number of fused-ring (bicyclic) bond motifs is 1. The van der Waals surface area contributed by atoms with Crippen molar-refractivity contribution >= 4 is 45.6 Å². The fourth-order valence-electron chi connectivity index (χ4n) is 1.83. The normalized spacial score (nSPS) is 10.3. The van der Waals surface area contributed by atoms with Crippen molar-refractivity contribution in [2.45, 2.75) is 6.92 Å². The van der Waals surface area contributed by atoms with Crippen molar-refractivity contribution in [2.75, 3.05) is 0 Å². The van der Waals surface area contributed by atoms with Crippen molar-refractivity contribution in [3.05, 3.63) is 58.8 Å². The minimum absolute atomic E-state index is 0. The highest BCUT2D eigenvalue weighted by Gasteiger charge is 2.03. The molecular formula is C14H12BrIN2. The summed E-state index contributed by atoms with van der Waals surface area (Å²) in [5.74, 6) is 0. The van der Waals surface area contributed by atoms with Crippen LogP contribution in [0.15, 0.2) is 53.3 Å². The van der Waals surface area contributed by atoms with Gasteiger partial charge in [-0.15, -0.1) is 24.0 Å². The van der Waals surface area contributed by atoms with Crippen LogP contribution in [0.25, 0.3) is 16.9 Å². The summed E-state index contributed by atoms with van der Waals surface area (Å²) < 4.78 is 3.08. The number of pyridine rings is 1. The predicted molar refractivity (Wildman–Crippen MR) is 88.5 cm³/mol. The highest BCUT2D eigenvalue weighted by molar-refractivity contribution is 14.0. The fourth-order valence-corrected chi connectivity index (χ4v) is 2.18. The van der Waals surface area contributed by atoms with Crippen molar-refractivity contribution in [1.29, 1.82) is 0 Å². The molecule has 0 aliphatic heterocycles. The molecule has 2 nitrogen and oxygen atoms in total. The summed E-state index contributed by atoms with van der Waals surface area (Å²) in [6, 6.07) is 12.4. The zero-order chi connectivity index (χ0) is 11.8. The molecule has 0 saturated heterocycles. The monoisotopic (exact) mass is 414 g/mol. The first-order valence-corrected chi connectivity index (χ1v) is 6.23. The molecule has 0 aliphatic carbocycles. The standard InChI is InChI=1S/C14H11BrN2.HI/c1-10-2-4-11(5-3-10)13-9-17-8-12(15)6-7-14(17)16-13;/h2-9H,1H3;1H. The lowest BCUT2D eigenvalue weighted by Gasteiger charge is -1.96. The summed E-state index contributed by atoms with van der Waals surface area (Å²) in [5.41, 5.74) is 4.38. The van der Waals surface area contributed by atoms with Crippen LogP contribution in [0.3, 0.4) is 0 Å². The summed E-state index contributed by atoms with van der Waals surface area (Å²) in [7, 11) is 0. The first kappa shape index (κ1) is 13.5. The highest BCUT2D eigenvalue weighted by atomic mass is 127. The van der Waals surface area contributed by atoms with E-state index in [2.05, 4.69) is 52.1 Å². The van der Waals surface area contributed by atoms with Crippen LogP contribution in [0, 0.1) is 6.92 Å². The van der Waals surface area contributed by atoms with Crippen LogP contribution in [0.4, 0.5) is 0 Å². The van der Waals surface area contributed by atoms with E-state index >= 15 is 0 Å².